The molecule has 0 bridgehead atoms. The van der Waals surface area contributed by atoms with Crippen molar-refractivity contribution in [3.8, 4) is 0 Å². The van der Waals surface area contributed by atoms with Gasteiger partial charge in [-0.05, 0) is 11.3 Å². The summed E-state index contributed by atoms with van der Waals surface area (Å²) in [5.41, 5.74) is 5.21. The molecule has 0 radical (unpaired) electrons. The van der Waals surface area contributed by atoms with Crippen LogP contribution >= 0.6 is 0 Å². The molecule has 0 aliphatic carbocycles. The fraction of sp³-hybridized carbons (Fsp3) is 0.833. The Kier molecular flexibility index (Phi) is 5.61. The van der Waals surface area contributed by atoms with Crippen molar-refractivity contribution < 1.29 is 14.7 Å². The summed E-state index contributed by atoms with van der Waals surface area (Å²) in [6, 6.07) is -1.59. The van der Waals surface area contributed by atoms with Crippen molar-refractivity contribution in [1.29, 1.82) is 0 Å². The van der Waals surface area contributed by atoms with E-state index in [0.29, 0.717) is 0 Å². The predicted molar refractivity (Wildman–Crippen MR) is 66.5 cm³/mol. The van der Waals surface area contributed by atoms with Gasteiger partial charge in [-0.15, -0.1) is 0 Å². The van der Waals surface area contributed by atoms with Crippen molar-refractivity contribution in [2.24, 2.45) is 17.1 Å². The van der Waals surface area contributed by atoms with Crippen LogP contribution in [0.2, 0.25) is 0 Å². The zero-order valence-corrected chi connectivity index (χ0v) is 11.3. The molecule has 0 saturated carbocycles. The van der Waals surface area contributed by atoms with Gasteiger partial charge in [0.25, 0.3) is 0 Å². The zero-order valence-electron chi connectivity index (χ0n) is 11.3. The van der Waals surface area contributed by atoms with Crippen molar-refractivity contribution in [1.82, 2.24) is 5.32 Å². The van der Waals surface area contributed by atoms with E-state index in [4.69, 9.17) is 10.8 Å². The number of nitrogens with two attached hydrogens (primary N) is 1. The van der Waals surface area contributed by atoms with Crippen LogP contribution < -0.4 is 11.1 Å². The third-order valence-electron chi connectivity index (χ3n) is 2.96. The first kappa shape index (κ1) is 15.9. The number of nitrogens with one attached hydrogen (secondary N) is 1. The number of carbonyl (C=O) groups is 2. The number of rotatable bonds is 5. The Morgan fingerprint density at radius 3 is 2.12 bits per heavy atom. The molecule has 0 spiro atoms. The monoisotopic (exact) mass is 244 g/mol. The van der Waals surface area contributed by atoms with Gasteiger partial charge in [0.2, 0.25) is 5.91 Å². The highest BCUT2D eigenvalue weighted by Crippen LogP contribution is 2.19. The van der Waals surface area contributed by atoms with E-state index < -0.39 is 29.4 Å². The zero-order chi connectivity index (χ0) is 13.8. The summed E-state index contributed by atoms with van der Waals surface area (Å²) in [4.78, 5) is 22.9. The molecule has 0 aromatic heterocycles. The van der Waals surface area contributed by atoms with E-state index >= 15 is 0 Å². The fourth-order valence-electron chi connectivity index (χ4n) is 1.40. The molecule has 5 heteroatoms. The van der Waals surface area contributed by atoms with Crippen LogP contribution in [-0.2, 0) is 9.59 Å². The smallest absolute Gasteiger partial charge is 0.326 e. The van der Waals surface area contributed by atoms with Crippen molar-refractivity contribution in [2.75, 3.05) is 0 Å². The maximum atomic E-state index is 11.8. The number of aliphatic carboxylic acids is 1. The third-order valence-corrected chi connectivity index (χ3v) is 2.96. The number of amides is 1. The molecule has 100 valence electrons. The molecule has 0 aliphatic heterocycles. The molecule has 0 aromatic rings. The summed E-state index contributed by atoms with van der Waals surface area (Å²) < 4.78 is 0. The summed E-state index contributed by atoms with van der Waals surface area (Å²) in [6.07, 6.45) is 0.780. The maximum absolute atomic E-state index is 11.8. The fourth-order valence-corrected chi connectivity index (χ4v) is 1.40. The lowest BCUT2D eigenvalue weighted by Gasteiger charge is -2.29. The van der Waals surface area contributed by atoms with Crippen LogP contribution in [0.15, 0.2) is 0 Å². The summed E-state index contributed by atoms with van der Waals surface area (Å²) in [5, 5.41) is 11.6. The van der Waals surface area contributed by atoms with Crippen LogP contribution in [-0.4, -0.2) is 29.1 Å². The molecular formula is C12H24N2O3. The lowest BCUT2D eigenvalue weighted by Crippen LogP contribution is -2.55. The topological polar surface area (TPSA) is 92.4 Å². The van der Waals surface area contributed by atoms with Crippen LogP contribution in [0.5, 0.6) is 0 Å². The van der Waals surface area contributed by atoms with Crippen molar-refractivity contribution >= 4 is 11.9 Å². The van der Waals surface area contributed by atoms with Gasteiger partial charge >= 0.3 is 5.97 Å². The minimum absolute atomic E-state index is 0.0319. The van der Waals surface area contributed by atoms with Gasteiger partial charge in [-0.25, -0.2) is 4.79 Å². The average molecular weight is 244 g/mol. The van der Waals surface area contributed by atoms with Crippen LogP contribution in [0, 0.1) is 11.3 Å². The molecule has 0 saturated heterocycles. The van der Waals surface area contributed by atoms with Crippen LogP contribution in [0.4, 0.5) is 0 Å². The van der Waals surface area contributed by atoms with Crippen LogP contribution in [0.3, 0.4) is 0 Å². The Morgan fingerprint density at radius 1 is 1.35 bits per heavy atom. The molecule has 0 aliphatic rings. The summed E-state index contributed by atoms with van der Waals surface area (Å²) in [7, 11) is 0. The highest BCUT2D eigenvalue weighted by molar-refractivity contribution is 5.87. The Hall–Kier alpha value is -1.10. The van der Waals surface area contributed by atoms with E-state index in [-0.39, 0.29) is 5.92 Å². The molecule has 4 N–H and O–H groups in total. The van der Waals surface area contributed by atoms with Crippen molar-refractivity contribution in [2.45, 2.75) is 53.1 Å². The predicted octanol–water partition coefficient (Wildman–Crippen LogP) is 0.975. The molecule has 0 heterocycles. The normalized spacial score (nSPS) is 17.1. The first-order valence-electron chi connectivity index (χ1n) is 5.90. The van der Waals surface area contributed by atoms with E-state index in [1.807, 2.05) is 13.8 Å². The van der Waals surface area contributed by atoms with Gasteiger partial charge in [-0.2, -0.15) is 0 Å². The van der Waals surface area contributed by atoms with Gasteiger partial charge in [0.15, 0.2) is 0 Å². The summed E-state index contributed by atoms with van der Waals surface area (Å²) in [5.74, 6) is -1.41. The maximum Gasteiger partial charge on any atom is 0.326 e. The lowest BCUT2D eigenvalue weighted by atomic mass is 9.86. The molecule has 0 fully saturated rings. The number of hydrogen-bond acceptors (Lipinski definition) is 3. The van der Waals surface area contributed by atoms with Gasteiger partial charge < -0.3 is 16.2 Å². The van der Waals surface area contributed by atoms with Gasteiger partial charge in [-0.3, -0.25) is 4.79 Å². The SMILES string of the molecule is CCC(C)C(N)C(=O)N[C@H](C(=O)O)C(C)(C)C. The standard InChI is InChI=1S/C12H24N2O3/c1-6-7(2)8(13)10(15)14-9(11(16)17)12(3,4)5/h7-9H,6,13H2,1-5H3,(H,14,15)(H,16,17)/t7?,8?,9-/m1/s1. The molecular weight excluding hydrogens is 220 g/mol. The molecule has 2 unspecified atom stereocenters. The van der Waals surface area contributed by atoms with E-state index in [2.05, 4.69) is 5.32 Å². The van der Waals surface area contributed by atoms with E-state index in [9.17, 15) is 9.59 Å². The van der Waals surface area contributed by atoms with E-state index in [1.54, 1.807) is 20.8 Å². The minimum atomic E-state index is -1.04. The van der Waals surface area contributed by atoms with E-state index in [0.717, 1.165) is 6.42 Å². The second-order valence-electron chi connectivity index (χ2n) is 5.56. The van der Waals surface area contributed by atoms with E-state index in [1.165, 1.54) is 0 Å². The quantitative estimate of drug-likeness (QED) is 0.672. The highest BCUT2D eigenvalue weighted by atomic mass is 16.4. The summed E-state index contributed by atoms with van der Waals surface area (Å²) in [6.45, 7) is 9.11. The molecule has 0 rings (SSSR count). The Bertz CT molecular complexity index is 284. The largest absolute Gasteiger partial charge is 0.480 e. The molecule has 0 aromatic carbocycles. The second kappa shape index (κ2) is 6.00. The number of carboxylic acids is 1. The van der Waals surface area contributed by atoms with Crippen LogP contribution in [0.1, 0.15) is 41.0 Å². The highest BCUT2D eigenvalue weighted by Gasteiger charge is 2.34. The van der Waals surface area contributed by atoms with Gasteiger partial charge in [-0.1, -0.05) is 41.0 Å². The van der Waals surface area contributed by atoms with Gasteiger partial charge in [0.05, 0.1) is 6.04 Å². The Balaban J connectivity index is 4.69. The molecule has 5 nitrogen and oxygen atoms in total. The van der Waals surface area contributed by atoms with Crippen LogP contribution in [0.25, 0.3) is 0 Å². The average Bonchev–Trinajstić information content (AvgIpc) is 2.21. The third kappa shape index (κ3) is 4.73. The molecule has 1 amide bonds. The number of hydrogen-bond donors (Lipinski definition) is 3. The van der Waals surface area contributed by atoms with Crippen molar-refractivity contribution in [3.63, 3.8) is 0 Å². The first-order valence-corrected chi connectivity index (χ1v) is 5.90. The Labute approximate surface area is 103 Å². The number of carboxylic acid groups (broad SMARTS) is 1. The van der Waals surface area contributed by atoms with Gasteiger partial charge in [0.1, 0.15) is 6.04 Å². The second-order valence-corrected chi connectivity index (χ2v) is 5.56. The first-order chi connectivity index (χ1) is 7.61. The van der Waals surface area contributed by atoms with Gasteiger partial charge in [0, 0.05) is 0 Å². The molecule has 17 heavy (non-hydrogen) atoms. The number of carbonyl (C=O) groups excluding carboxylic acids is 1. The van der Waals surface area contributed by atoms with Crippen molar-refractivity contribution in [3.05, 3.63) is 0 Å². The lowest BCUT2D eigenvalue weighted by molar-refractivity contribution is -0.145. The summed E-state index contributed by atoms with van der Waals surface area (Å²) >= 11 is 0. The Morgan fingerprint density at radius 2 is 1.82 bits per heavy atom. The molecule has 3 atom stereocenters. The minimum Gasteiger partial charge on any atom is -0.480 e.